The third-order valence-electron chi connectivity index (χ3n) is 2.25. The molecule has 0 saturated heterocycles. The molecule has 9 heteroatoms. The van der Waals surface area contributed by atoms with Gasteiger partial charge in [-0.1, -0.05) is 0 Å². The second-order valence-corrected chi connectivity index (χ2v) is 5.32. The molecule has 1 rings (SSSR count). The van der Waals surface area contributed by atoms with Crippen LogP contribution in [-0.4, -0.2) is 38.6 Å². The SMILES string of the molecule is CS(=O)CCCNC(=O)c1cc([N+](=O)[O-])cnc1N. The van der Waals surface area contributed by atoms with Crippen molar-refractivity contribution in [1.29, 1.82) is 0 Å². The van der Waals surface area contributed by atoms with Gasteiger partial charge in [-0.05, 0) is 6.42 Å². The number of hydrogen-bond donors (Lipinski definition) is 2. The summed E-state index contributed by atoms with van der Waals surface area (Å²) in [5.41, 5.74) is 5.17. The van der Waals surface area contributed by atoms with E-state index in [1.54, 1.807) is 6.26 Å². The van der Waals surface area contributed by atoms with E-state index in [9.17, 15) is 19.1 Å². The zero-order valence-corrected chi connectivity index (χ0v) is 11.1. The van der Waals surface area contributed by atoms with Gasteiger partial charge in [-0.3, -0.25) is 19.1 Å². The number of nitrogens with two attached hydrogens (primary N) is 1. The minimum absolute atomic E-state index is 0.0354. The minimum Gasteiger partial charge on any atom is -0.383 e. The lowest BCUT2D eigenvalue weighted by Crippen LogP contribution is -2.26. The van der Waals surface area contributed by atoms with E-state index < -0.39 is 21.6 Å². The number of nitrogens with zero attached hydrogens (tertiary/aromatic N) is 2. The van der Waals surface area contributed by atoms with Crippen LogP contribution in [0, 0.1) is 10.1 Å². The molecular formula is C10H14N4O4S. The molecular weight excluding hydrogens is 272 g/mol. The Labute approximate surface area is 112 Å². The normalized spacial score (nSPS) is 11.8. The molecule has 1 atom stereocenters. The Hall–Kier alpha value is -2.03. The quantitative estimate of drug-likeness (QED) is 0.432. The Bertz CT molecular complexity index is 520. The molecule has 8 nitrogen and oxygen atoms in total. The third kappa shape index (κ3) is 4.62. The van der Waals surface area contributed by atoms with Gasteiger partial charge in [-0.15, -0.1) is 0 Å². The summed E-state index contributed by atoms with van der Waals surface area (Å²) in [6.07, 6.45) is 3.12. The summed E-state index contributed by atoms with van der Waals surface area (Å²) in [5.74, 6) is -0.124. The molecule has 104 valence electrons. The Balaban J connectivity index is 2.68. The fourth-order valence-corrected chi connectivity index (χ4v) is 1.87. The lowest BCUT2D eigenvalue weighted by molar-refractivity contribution is -0.385. The van der Waals surface area contributed by atoms with Crippen molar-refractivity contribution >= 4 is 28.2 Å². The van der Waals surface area contributed by atoms with Gasteiger partial charge in [0, 0.05) is 35.4 Å². The van der Waals surface area contributed by atoms with Crippen molar-refractivity contribution in [2.24, 2.45) is 0 Å². The number of hydrogen-bond acceptors (Lipinski definition) is 6. The predicted molar refractivity (Wildman–Crippen MR) is 71.2 cm³/mol. The van der Waals surface area contributed by atoms with Crippen molar-refractivity contribution in [3.8, 4) is 0 Å². The van der Waals surface area contributed by atoms with E-state index in [2.05, 4.69) is 10.3 Å². The monoisotopic (exact) mass is 286 g/mol. The number of nitro groups is 1. The fraction of sp³-hybridized carbons (Fsp3) is 0.400. The molecule has 0 fully saturated rings. The Morgan fingerprint density at radius 3 is 2.89 bits per heavy atom. The van der Waals surface area contributed by atoms with Crippen molar-refractivity contribution in [3.63, 3.8) is 0 Å². The van der Waals surface area contributed by atoms with E-state index >= 15 is 0 Å². The average Bonchev–Trinajstić information content (AvgIpc) is 2.34. The van der Waals surface area contributed by atoms with Crippen LogP contribution in [0.2, 0.25) is 0 Å². The van der Waals surface area contributed by atoms with E-state index in [1.807, 2.05) is 0 Å². The molecule has 0 aliphatic rings. The van der Waals surface area contributed by atoms with Gasteiger partial charge in [0.05, 0.1) is 10.5 Å². The van der Waals surface area contributed by atoms with Gasteiger partial charge >= 0.3 is 0 Å². The molecule has 0 aliphatic heterocycles. The van der Waals surface area contributed by atoms with Crippen LogP contribution in [-0.2, 0) is 10.8 Å². The first kappa shape index (κ1) is 15.0. The van der Waals surface area contributed by atoms with E-state index in [0.717, 1.165) is 12.3 Å². The maximum atomic E-state index is 11.8. The zero-order chi connectivity index (χ0) is 14.4. The van der Waals surface area contributed by atoms with Gasteiger partial charge in [-0.25, -0.2) is 4.98 Å². The zero-order valence-electron chi connectivity index (χ0n) is 10.3. The summed E-state index contributed by atoms with van der Waals surface area (Å²) < 4.78 is 10.8. The first-order chi connectivity index (χ1) is 8.91. The fourth-order valence-electron chi connectivity index (χ4n) is 1.32. The van der Waals surface area contributed by atoms with Crippen molar-refractivity contribution in [3.05, 3.63) is 27.9 Å². The van der Waals surface area contributed by atoms with Crippen molar-refractivity contribution in [1.82, 2.24) is 10.3 Å². The highest BCUT2D eigenvalue weighted by atomic mass is 32.2. The van der Waals surface area contributed by atoms with Gasteiger partial charge < -0.3 is 11.1 Å². The summed E-state index contributed by atoms with van der Waals surface area (Å²) in [4.78, 5) is 25.3. The Morgan fingerprint density at radius 2 is 2.32 bits per heavy atom. The van der Waals surface area contributed by atoms with E-state index in [0.29, 0.717) is 18.7 Å². The molecule has 0 radical (unpaired) electrons. The van der Waals surface area contributed by atoms with Crippen LogP contribution in [0.15, 0.2) is 12.3 Å². The summed E-state index contributed by atoms with van der Waals surface area (Å²) in [5, 5.41) is 13.1. The number of amides is 1. The molecule has 1 unspecified atom stereocenters. The lowest BCUT2D eigenvalue weighted by Gasteiger charge is -2.06. The summed E-state index contributed by atoms with van der Waals surface area (Å²) >= 11 is 0. The van der Waals surface area contributed by atoms with E-state index in [1.165, 1.54) is 0 Å². The Morgan fingerprint density at radius 1 is 1.63 bits per heavy atom. The van der Waals surface area contributed by atoms with Gasteiger partial charge in [0.1, 0.15) is 12.0 Å². The highest BCUT2D eigenvalue weighted by molar-refractivity contribution is 7.84. The van der Waals surface area contributed by atoms with E-state index in [-0.39, 0.29) is 17.1 Å². The van der Waals surface area contributed by atoms with Crippen LogP contribution in [0.3, 0.4) is 0 Å². The van der Waals surface area contributed by atoms with Crippen LogP contribution in [0.4, 0.5) is 11.5 Å². The molecule has 0 bridgehead atoms. The molecule has 19 heavy (non-hydrogen) atoms. The standard InChI is InChI=1S/C10H14N4O4S/c1-19(18)4-2-3-12-10(15)8-5-7(14(16)17)6-13-9(8)11/h5-6H,2-4H2,1H3,(H2,11,13)(H,12,15). The molecule has 0 aliphatic carbocycles. The number of pyridine rings is 1. The third-order valence-corrected chi connectivity index (χ3v) is 3.12. The molecule has 3 N–H and O–H groups in total. The maximum absolute atomic E-state index is 11.8. The van der Waals surface area contributed by atoms with Crippen LogP contribution >= 0.6 is 0 Å². The number of aromatic nitrogens is 1. The number of nitrogens with one attached hydrogen (secondary N) is 1. The minimum atomic E-state index is -0.917. The maximum Gasteiger partial charge on any atom is 0.288 e. The van der Waals surface area contributed by atoms with Crippen LogP contribution in [0.1, 0.15) is 16.8 Å². The second-order valence-electron chi connectivity index (χ2n) is 3.77. The molecule has 0 aromatic carbocycles. The largest absolute Gasteiger partial charge is 0.383 e. The topological polar surface area (TPSA) is 128 Å². The lowest BCUT2D eigenvalue weighted by atomic mass is 10.2. The average molecular weight is 286 g/mol. The van der Waals surface area contributed by atoms with Crippen molar-refractivity contribution < 1.29 is 13.9 Å². The molecule has 0 saturated carbocycles. The molecule has 1 aromatic rings. The summed E-state index contributed by atoms with van der Waals surface area (Å²) in [7, 11) is -0.917. The molecule has 1 heterocycles. The first-order valence-electron chi connectivity index (χ1n) is 5.40. The summed E-state index contributed by atoms with van der Waals surface area (Å²) in [6.45, 7) is 0.320. The number of carbonyl (C=O) groups is 1. The summed E-state index contributed by atoms with van der Waals surface area (Å²) in [6, 6.07) is 1.08. The van der Waals surface area contributed by atoms with Gasteiger partial charge in [0.2, 0.25) is 0 Å². The van der Waals surface area contributed by atoms with Crippen LogP contribution < -0.4 is 11.1 Å². The molecule has 1 amide bonds. The predicted octanol–water partition coefficient (Wildman–Crippen LogP) is 0.0704. The van der Waals surface area contributed by atoms with Crippen molar-refractivity contribution in [2.45, 2.75) is 6.42 Å². The molecule has 0 spiro atoms. The van der Waals surface area contributed by atoms with Crippen LogP contribution in [0.25, 0.3) is 0 Å². The number of rotatable bonds is 6. The van der Waals surface area contributed by atoms with Crippen LogP contribution in [0.5, 0.6) is 0 Å². The number of carbonyl (C=O) groups excluding carboxylic acids is 1. The highest BCUT2D eigenvalue weighted by Gasteiger charge is 2.16. The van der Waals surface area contributed by atoms with Crippen molar-refractivity contribution in [2.75, 3.05) is 24.3 Å². The highest BCUT2D eigenvalue weighted by Crippen LogP contribution is 2.16. The smallest absolute Gasteiger partial charge is 0.288 e. The first-order valence-corrected chi connectivity index (χ1v) is 7.12. The molecule has 1 aromatic heterocycles. The number of anilines is 1. The van der Waals surface area contributed by atoms with Gasteiger partial charge in [-0.2, -0.15) is 0 Å². The van der Waals surface area contributed by atoms with Gasteiger partial charge in [0.25, 0.3) is 11.6 Å². The second kappa shape index (κ2) is 6.78. The number of nitrogen functional groups attached to an aromatic ring is 1. The van der Waals surface area contributed by atoms with E-state index in [4.69, 9.17) is 5.73 Å². The van der Waals surface area contributed by atoms with Gasteiger partial charge in [0.15, 0.2) is 0 Å². The Kier molecular flexibility index (Phi) is 5.37.